The first-order valence-corrected chi connectivity index (χ1v) is 14.0. The van der Waals surface area contributed by atoms with Crippen LogP contribution in [-0.2, 0) is 6.42 Å². The molecule has 39 heavy (non-hydrogen) atoms. The largest absolute Gasteiger partial charge is 0.508 e. The number of aromatic hydroxyl groups is 1. The van der Waals surface area contributed by atoms with E-state index in [1.54, 1.807) is 12.1 Å². The van der Waals surface area contributed by atoms with E-state index in [1.807, 2.05) is 39.0 Å². The molecule has 5 rings (SSSR count). The number of allylic oxidation sites excluding steroid dienone is 2. The Hall–Kier alpha value is -3.58. The summed E-state index contributed by atoms with van der Waals surface area (Å²) >= 11 is 0. The van der Waals surface area contributed by atoms with Crippen LogP contribution in [0, 0.1) is 18.8 Å². The van der Waals surface area contributed by atoms with Gasteiger partial charge in [0.2, 0.25) is 0 Å². The molecule has 1 unspecified atom stereocenters. The average molecular weight is 531 g/mol. The van der Waals surface area contributed by atoms with Crippen LogP contribution in [0.5, 0.6) is 11.5 Å². The summed E-state index contributed by atoms with van der Waals surface area (Å²) in [7, 11) is 0. The van der Waals surface area contributed by atoms with Gasteiger partial charge in [0.05, 0.1) is 6.61 Å². The van der Waals surface area contributed by atoms with E-state index in [4.69, 9.17) is 9.15 Å². The first kappa shape index (κ1) is 27.0. The molecule has 2 bridgehead atoms. The lowest BCUT2D eigenvalue weighted by atomic mass is 9.95. The molecule has 2 fully saturated rings. The molecule has 7 nitrogen and oxygen atoms in total. The molecule has 2 aliphatic carbocycles. The Morgan fingerprint density at radius 1 is 1.15 bits per heavy atom. The summed E-state index contributed by atoms with van der Waals surface area (Å²) in [6.07, 6.45) is 8.90. The number of ether oxygens (including phenoxy) is 1. The van der Waals surface area contributed by atoms with Gasteiger partial charge in [-0.15, -0.1) is 0 Å². The van der Waals surface area contributed by atoms with Gasteiger partial charge in [-0.25, -0.2) is 4.79 Å². The molecule has 1 aromatic heterocycles. The second kappa shape index (κ2) is 11.7. The molecule has 0 saturated heterocycles. The number of nitrogens with one attached hydrogen (secondary N) is 2. The molecule has 0 aliphatic heterocycles. The number of hydrogen-bond donors (Lipinski definition) is 3. The maximum Gasteiger partial charge on any atom is 0.360 e. The van der Waals surface area contributed by atoms with Gasteiger partial charge in [-0.2, -0.15) is 0 Å². The summed E-state index contributed by atoms with van der Waals surface area (Å²) < 4.78 is 11.6. The van der Waals surface area contributed by atoms with Gasteiger partial charge < -0.3 is 24.9 Å². The predicted octanol–water partition coefficient (Wildman–Crippen LogP) is 6.12. The Bertz CT molecular complexity index is 1450. The fraction of sp³-hybridized carbons (Fsp3) is 0.438. The van der Waals surface area contributed by atoms with Crippen molar-refractivity contribution in [3.8, 4) is 11.5 Å². The number of benzene rings is 2. The molecule has 0 radical (unpaired) electrons. The van der Waals surface area contributed by atoms with Gasteiger partial charge in [0, 0.05) is 22.6 Å². The van der Waals surface area contributed by atoms with Gasteiger partial charge in [-0.05, 0) is 113 Å². The number of rotatable bonds is 10. The zero-order valence-electron chi connectivity index (χ0n) is 23.0. The number of carbonyl (C=O) groups excluding carboxylic acids is 1. The number of phenols is 1. The van der Waals surface area contributed by atoms with Crippen LogP contribution >= 0.6 is 0 Å². The Morgan fingerprint density at radius 3 is 2.74 bits per heavy atom. The molecular formula is C32H38N2O5. The lowest BCUT2D eigenvalue weighted by Gasteiger charge is -2.23. The Morgan fingerprint density at radius 2 is 2.00 bits per heavy atom. The normalized spacial score (nSPS) is 19.8. The summed E-state index contributed by atoms with van der Waals surface area (Å²) in [6.45, 7) is 7.34. The van der Waals surface area contributed by atoms with Crippen LogP contribution in [-0.4, -0.2) is 30.2 Å². The van der Waals surface area contributed by atoms with Crippen molar-refractivity contribution in [2.24, 2.45) is 11.8 Å². The molecule has 7 heteroatoms. The SMILES string of the molecule is CC(C)=CCc1cc(C(=O)Nc2cc3ccc(OCCCNC4C[C@@H]5CC[C@@H]4C5)c(C)c3oc2=O)ccc1O. The number of phenolic OH excluding ortho intramolecular Hbond substituents is 1. The van der Waals surface area contributed by atoms with Crippen molar-refractivity contribution in [2.45, 2.75) is 65.3 Å². The standard InChI is InChI=1S/C32H38N2O5/c1-19(2)5-7-23-17-25(9-11-28(23)35)31(36)34-27-18-24-10-12-29(20(3)30(24)39-32(27)37)38-14-4-13-33-26-16-21-6-8-22(26)15-21/h5,9-12,17-18,21-22,26,33,35H,4,6-8,13-16H2,1-3H3,(H,34,36)/t21-,22-,26?/m1/s1. The van der Waals surface area contributed by atoms with Crippen LogP contribution < -0.4 is 21.0 Å². The van der Waals surface area contributed by atoms with Crippen LogP contribution in [0.4, 0.5) is 5.69 Å². The molecule has 3 aromatic rings. The molecule has 0 spiro atoms. The third kappa shape index (κ3) is 6.19. The molecule has 206 valence electrons. The molecule has 2 saturated carbocycles. The van der Waals surface area contributed by atoms with E-state index in [1.165, 1.54) is 37.8 Å². The first-order valence-electron chi connectivity index (χ1n) is 14.0. The Kier molecular flexibility index (Phi) is 8.07. The monoisotopic (exact) mass is 530 g/mol. The van der Waals surface area contributed by atoms with Gasteiger partial charge in [0.15, 0.2) is 0 Å². The topological polar surface area (TPSA) is 101 Å². The molecule has 1 heterocycles. The Labute approximate surface area is 229 Å². The second-order valence-electron chi connectivity index (χ2n) is 11.3. The first-order chi connectivity index (χ1) is 18.8. The molecule has 3 N–H and O–H groups in total. The fourth-order valence-corrected chi connectivity index (χ4v) is 5.98. The molecule has 3 atom stereocenters. The van der Waals surface area contributed by atoms with Crippen molar-refractivity contribution >= 4 is 22.6 Å². The predicted molar refractivity (Wildman–Crippen MR) is 154 cm³/mol. The number of fused-ring (bicyclic) bond motifs is 3. The van der Waals surface area contributed by atoms with Gasteiger partial charge in [0.1, 0.15) is 22.8 Å². The molecule has 2 aliphatic rings. The molecular weight excluding hydrogens is 492 g/mol. The third-order valence-electron chi connectivity index (χ3n) is 8.14. The third-order valence-corrected chi connectivity index (χ3v) is 8.14. The smallest absolute Gasteiger partial charge is 0.360 e. The van der Waals surface area contributed by atoms with Crippen LogP contribution in [0.1, 0.15) is 67.4 Å². The minimum Gasteiger partial charge on any atom is -0.508 e. The number of carbonyl (C=O) groups is 1. The highest BCUT2D eigenvalue weighted by Gasteiger charge is 2.38. The minimum absolute atomic E-state index is 0.0613. The minimum atomic E-state index is -0.630. The van der Waals surface area contributed by atoms with E-state index >= 15 is 0 Å². The van der Waals surface area contributed by atoms with Crippen molar-refractivity contribution in [3.63, 3.8) is 0 Å². The summed E-state index contributed by atoms with van der Waals surface area (Å²) in [5.41, 5.74) is 2.74. The zero-order chi connectivity index (χ0) is 27.5. The average Bonchev–Trinajstić information content (AvgIpc) is 3.54. The summed E-state index contributed by atoms with van der Waals surface area (Å²) in [4.78, 5) is 25.7. The maximum atomic E-state index is 12.9. The van der Waals surface area contributed by atoms with Crippen molar-refractivity contribution in [1.29, 1.82) is 0 Å². The van der Waals surface area contributed by atoms with Gasteiger partial charge in [-0.1, -0.05) is 18.1 Å². The van der Waals surface area contributed by atoms with Crippen molar-refractivity contribution in [1.82, 2.24) is 5.32 Å². The van der Waals surface area contributed by atoms with E-state index in [2.05, 4.69) is 10.6 Å². The number of anilines is 1. The lowest BCUT2D eigenvalue weighted by Crippen LogP contribution is -2.35. The van der Waals surface area contributed by atoms with Crippen LogP contribution in [0.3, 0.4) is 0 Å². The van der Waals surface area contributed by atoms with Crippen LogP contribution in [0.25, 0.3) is 11.0 Å². The van der Waals surface area contributed by atoms with E-state index in [0.717, 1.165) is 35.9 Å². The lowest BCUT2D eigenvalue weighted by molar-refractivity contribution is 0.102. The number of hydrogen-bond acceptors (Lipinski definition) is 6. The van der Waals surface area contributed by atoms with Crippen molar-refractivity contribution in [2.75, 3.05) is 18.5 Å². The summed E-state index contributed by atoms with van der Waals surface area (Å²) in [6, 6.07) is 10.7. The molecule has 1 amide bonds. The van der Waals surface area contributed by atoms with Crippen LogP contribution in [0.15, 0.2) is 57.3 Å². The quantitative estimate of drug-likeness (QED) is 0.166. The summed E-state index contributed by atoms with van der Waals surface area (Å²) in [5.74, 6) is 2.17. The highest BCUT2D eigenvalue weighted by molar-refractivity contribution is 6.05. The van der Waals surface area contributed by atoms with Crippen LogP contribution in [0.2, 0.25) is 0 Å². The summed E-state index contributed by atoms with van der Waals surface area (Å²) in [5, 5.41) is 17.2. The highest BCUT2D eigenvalue weighted by Crippen LogP contribution is 2.44. The van der Waals surface area contributed by atoms with Gasteiger partial charge >= 0.3 is 5.63 Å². The second-order valence-corrected chi connectivity index (χ2v) is 11.3. The van der Waals surface area contributed by atoms with Crippen molar-refractivity contribution < 1.29 is 19.1 Å². The Balaban J connectivity index is 1.21. The van der Waals surface area contributed by atoms with E-state index in [9.17, 15) is 14.7 Å². The number of aryl methyl sites for hydroxylation is 1. The van der Waals surface area contributed by atoms with E-state index in [-0.39, 0.29) is 11.4 Å². The van der Waals surface area contributed by atoms with Gasteiger partial charge in [0.25, 0.3) is 5.91 Å². The van der Waals surface area contributed by atoms with E-state index < -0.39 is 11.5 Å². The molecule has 2 aromatic carbocycles. The van der Waals surface area contributed by atoms with E-state index in [0.29, 0.717) is 46.9 Å². The van der Waals surface area contributed by atoms with Crippen molar-refractivity contribution in [3.05, 3.63) is 75.2 Å². The fourth-order valence-electron chi connectivity index (χ4n) is 5.98. The zero-order valence-corrected chi connectivity index (χ0v) is 23.0. The number of amides is 1. The maximum absolute atomic E-state index is 12.9. The van der Waals surface area contributed by atoms with Gasteiger partial charge in [-0.3, -0.25) is 4.79 Å². The highest BCUT2D eigenvalue weighted by atomic mass is 16.5.